The van der Waals surface area contributed by atoms with Crippen molar-refractivity contribution in [3.05, 3.63) is 0 Å². The Labute approximate surface area is 102 Å². The highest BCUT2D eigenvalue weighted by atomic mass is 16.4. The molecule has 2 fully saturated rings. The van der Waals surface area contributed by atoms with E-state index in [1.165, 1.54) is 12.8 Å². The normalized spacial score (nSPS) is 23.1. The predicted molar refractivity (Wildman–Crippen MR) is 63.5 cm³/mol. The molecule has 2 aliphatic carbocycles. The largest absolute Gasteiger partial charge is 0.481 e. The quantitative estimate of drug-likeness (QED) is 0.770. The van der Waals surface area contributed by atoms with Crippen LogP contribution < -0.4 is 5.32 Å². The molecule has 0 aromatic rings. The fraction of sp³-hybridized carbons (Fsp3) is 0.846. The average Bonchev–Trinajstić information content (AvgIpc) is 3.11. The summed E-state index contributed by atoms with van der Waals surface area (Å²) in [4.78, 5) is 23.2. The molecule has 0 aromatic carbocycles. The second kappa shape index (κ2) is 5.07. The van der Waals surface area contributed by atoms with Crippen LogP contribution in [0.15, 0.2) is 0 Å². The Hall–Kier alpha value is -1.06. The first-order chi connectivity index (χ1) is 8.12. The molecule has 0 atom stereocenters. The Morgan fingerprint density at radius 3 is 2.35 bits per heavy atom. The summed E-state index contributed by atoms with van der Waals surface area (Å²) in [6.07, 6.45) is 6.82. The fourth-order valence-corrected chi connectivity index (χ4v) is 2.64. The molecule has 1 amide bonds. The number of carbonyl (C=O) groups is 2. The summed E-state index contributed by atoms with van der Waals surface area (Å²) in [6.45, 7) is 0.731. The number of carbonyl (C=O) groups excluding carboxylic acids is 1. The lowest BCUT2D eigenvalue weighted by molar-refractivity contribution is -0.154. The van der Waals surface area contributed by atoms with Crippen molar-refractivity contribution >= 4 is 11.9 Å². The van der Waals surface area contributed by atoms with Gasteiger partial charge in [0.2, 0.25) is 5.91 Å². The summed E-state index contributed by atoms with van der Waals surface area (Å²) in [5.41, 5.74) is -0.786. The average molecular weight is 239 g/mol. The van der Waals surface area contributed by atoms with Gasteiger partial charge in [-0.1, -0.05) is 19.3 Å². The minimum absolute atomic E-state index is 0.0822. The summed E-state index contributed by atoms with van der Waals surface area (Å²) in [6, 6.07) is 0. The third-order valence-corrected chi connectivity index (χ3v) is 4.05. The van der Waals surface area contributed by atoms with Gasteiger partial charge in [0, 0.05) is 13.0 Å². The third kappa shape index (κ3) is 3.20. The molecule has 4 nitrogen and oxygen atoms in total. The van der Waals surface area contributed by atoms with Crippen LogP contribution in [-0.2, 0) is 9.59 Å². The lowest BCUT2D eigenvalue weighted by Crippen LogP contribution is -2.39. The molecular weight excluding hydrogens is 218 g/mol. The Morgan fingerprint density at radius 2 is 1.82 bits per heavy atom. The van der Waals surface area contributed by atoms with Crippen LogP contribution in [-0.4, -0.2) is 23.5 Å². The van der Waals surface area contributed by atoms with Gasteiger partial charge in [0.15, 0.2) is 0 Å². The molecule has 0 bridgehead atoms. The minimum atomic E-state index is -0.793. The Kier molecular flexibility index (Phi) is 3.69. The third-order valence-electron chi connectivity index (χ3n) is 4.05. The summed E-state index contributed by atoms with van der Waals surface area (Å²) < 4.78 is 0. The van der Waals surface area contributed by atoms with Crippen molar-refractivity contribution in [2.45, 2.75) is 51.4 Å². The van der Waals surface area contributed by atoms with Crippen LogP contribution in [0.2, 0.25) is 0 Å². The van der Waals surface area contributed by atoms with Crippen molar-refractivity contribution in [1.82, 2.24) is 5.32 Å². The van der Waals surface area contributed by atoms with Gasteiger partial charge in [-0.05, 0) is 31.6 Å². The molecule has 0 aromatic heterocycles. The molecule has 0 radical (unpaired) electrons. The maximum absolute atomic E-state index is 11.8. The highest BCUT2D eigenvalue weighted by Gasteiger charge is 2.41. The lowest BCUT2D eigenvalue weighted by Gasteiger charge is -2.32. The van der Waals surface area contributed by atoms with Gasteiger partial charge in [-0.2, -0.15) is 0 Å². The monoisotopic (exact) mass is 239 g/mol. The Bertz CT molecular complexity index is 304. The smallest absolute Gasteiger partial charge is 0.310 e. The van der Waals surface area contributed by atoms with Gasteiger partial charge in [0.1, 0.15) is 0 Å². The summed E-state index contributed by atoms with van der Waals surface area (Å²) in [5.74, 6) is -0.231. The maximum atomic E-state index is 11.8. The molecule has 2 rings (SSSR count). The number of amides is 1. The van der Waals surface area contributed by atoms with E-state index in [0.717, 1.165) is 25.8 Å². The van der Waals surface area contributed by atoms with E-state index in [9.17, 15) is 14.7 Å². The first-order valence-electron chi connectivity index (χ1n) is 6.62. The molecular formula is C13H21NO3. The zero-order chi connectivity index (χ0) is 12.3. The van der Waals surface area contributed by atoms with Crippen molar-refractivity contribution in [2.24, 2.45) is 11.3 Å². The molecule has 2 aliphatic rings. The van der Waals surface area contributed by atoms with Crippen LogP contribution in [0.4, 0.5) is 0 Å². The van der Waals surface area contributed by atoms with Crippen LogP contribution in [0.1, 0.15) is 51.4 Å². The van der Waals surface area contributed by atoms with Gasteiger partial charge in [0.05, 0.1) is 5.41 Å². The Balaban J connectivity index is 1.86. The molecule has 0 spiro atoms. The predicted octanol–water partition coefficient (Wildman–Crippen LogP) is 1.94. The number of aliphatic carboxylic acids is 1. The van der Waals surface area contributed by atoms with E-state index in [1.807, 2.05) is 0 Å². The highest BCUT2D eigenvalue weighted by molar-refractivity contribution is 5.85. The maximum Gasteiger partial charge on any atom is 0.310 e. The molecule has 2 N–H and O–H groups in total. The van der Waals surface area contributed by atoms with Crippen LogP contribution >= 0.6 is 0 Å². The van der Waals surface area contributed by atoms with Crippen LogP contribution in [0.25, 0.3) is 0 Å². The van der Waals surface area contributed by atoms with Crippen LogP contribution in [0.3, 0.4) is 0 Å². The van der Waals surface area contributed by atoms with Crippen molar-refractivity contribution in [3.8, 4) is 0 Å². The molecule has 0 unspecified atom stereocenters. The van der Waals surface area contributed by atoms with Gasteiger partial charge in [-0.25, -0.2) is 0 Å². The number of carboxylic acids is 1. The summed E-state index contributed by atoms with van der Waals surface area (Å²) >= 11 is 0. The first kappa shape index (κ1) is 12.4. The molecule has 0 saturated heterocycles. The van der Waals surface area contributed by atoms with Gasteiger partial charge in [0.25, 0.3) is 0 Å². The van der Waals surface area contributed by atoms with Crippen molar-refractivity contribution in [1.29, 1.82) is 0 Å². The molecule has 17 heavy (non-hydrogen) atoms. The van der Waals surface area contributed by atoms with E-state index in [-0.39, 0.29) is 12.3 Å². The summed E-state index contributed by atoms with van der Waals surface area (Å²) in [5, 5.41) is 12.2. The number of nitrogens with one attached hydrogen (secondary N) is 1. The van der Waals surface area contributed by atoms with E-state index >= 15 is 0 Å². The SMILES string of the molecule is O=C(CC1(C(=O)O)CCCCC1)NCC1CC1. The van der Waals surface area contributed by atoms with E-state index in [4.69, 9.17) is 0 Å². The highest BCUT2D eigenvalue weighted by Crippen LogP contribution is 2.39. The van der Waals surface area contributed by atoms with E-state index in [0.29, 0.717) is 18.8 Å². The second-order valence-electron chi connectivity index (χ2n) is 5.57. The van der Waals surface area contributed by atoms with Crippen molar-refractivity contribution < 1.29 is 14.7 Å². The summed E-state index contributed by atoms with van der Waals surface area (Å²) in [7, 11) is 0. The number of carboxylic acid groups (broad SMARTS) is 1. The number of hydrogen-bond acceptors (Lipinski definition) is 2. The van der Waals surface area contributed by atoms with Gasteiger partial charge in [-0.15, -0.1) is 0 Å². The van der Waals surface area contributed by atoms with E-state index in [2.05, 4.69) is 5.32 Å². The zero-order valence-electron chi connectivity index (χ0n) is 10.2. The van der Waals surface area contributed by atoms with E-state index < -0.39 is 11.4 Å². The fourth-order valence-electron chi connectivity index (χ4n) is 2.64. The lowest BCUT2D eigenvalue weighted by atomic mass is 9.71. The molecule has 0 aliphatic heterocycles. The zero-order valence-corrected chi connectivity index (χ0v) is 10.2. The minimum Gasteiger partial charge on any atom is -0.481 e. The molecule has 4 heteroatoms. The van der Waals surface area contributed by atoms with E-state index in [1.54, 1.807) is 0 Å². The molecule has 2 saturated carbocycles. The van der Waals surface area contributed by atoms with Crippen LogP contribution in [0.5, 0.6) is 0 Å². The topological polar surface area (TPSA) is 66.4 Å². The number of hydrogen-bond donors (Lipinski definition) is 2. The standard InChI is InChI=1S/C13H21NO3/c15-11(14-9-10-4-5-10)8-13(12(16)17)6-2-1-3-7-13/h10H,1-9H2,(H,14,15)(H,16,17). The number of rotatable bonds is 5. The molecule has 0 heterocycles. The van der Waals surface area contributed by atoms with Crippen molar-refractivity contribution in [3.63, 3.8) is 0 Å². The van der Waals surface area contributed by atoms with Gasteiger partial charge < -0.3 is 10.4 Å². The van der Waals surface area contributed by atoms with Crippen molar-refractivity contribution in [2.75, 3.05) is 6.54 Å². The van der Waals surface area contributed by atoms with Crippen LogP contribution in [0, 0.1) is 11.3 Å². The molecule has 96 valence electrons. The first-order valence-corrected chi connectivity index (χ1v) is 6.62. The second-order valence-corrected chi connectivity index (χ2v) is 5.57. The Morgan fingerprint density at radius 1 is 1.18 bits per heavy atom. The van der Waals surface area contributed by atoms with Gasteiger partial charge in [-0.3, -0.25) is 9.59 Å². The van der Waals surface area contributed by atoms with Gasteiger partial charge >= 0.3 is 5.97 Å².